The maximum atomic E-state index is 14.5. The summed E-state index contributed by atoms with van der Waals surface area (Å²) in [5.74, 6) is -4.20. The standard InChI is InChI=1S/C15H12F3N5O3/c16-10-5-11(23-7-9(6-20-21-19)26-15(23)25)12(17)13(18)14(10)22-3-1-8(24)2-4-22/h1,3,5,9H,2,4,6-7H2. The minimum Gasteiger partial charge on any atom is -0.444 e. The summed E-state index contributed by atoms with van der Waals surface area (Å²) < 4.78 is 48.3. The van der Waals surface area contributed by atoms with Gasteiger partial charge in [0.1, 0.15) is 11.8 Å². The maximum Gasteiger partial charge on any atom is 0.414 e. The molecule has 0 bridgehead atoms. The van der Waals surface area contributed by atoms with E-state index in [0.717, 1.165) is 15.9 Å². The fourth-order valence-electron chi connectivity index (χ4n) is 2.72. The lowest BCUT2D eigenvalue weighted by atomic mass is 10.1. The van der Waals surface area contributed by atoms with Crippen LogP contribution in [0.4, 0.5) is 29.3 Å². The van der Waals surface area contributed by atoms with Gasteiger partial charge in [-0.25, -0.2) is 18.0 Å². The molecule has 0 aromatic heterocycles. The first-order chi connectivity index (χ1) is 12.4. The second-order valence-electron chi connectivity index (χ2n) is 5.61. The number of benzene rings is 1. The first-order valence-corrected chi connectivity index (χ1v) is 7.56. The third-order valence-corrected chi connectivity index (χ3v) is 3.96. The molecule has 11 heteroatoms. The SMILES string of the molecule is [N-]=[N+]=NCC1CN(c2cc(F)c(N3C=CC(=O)CC3)c(F)c2F)C(=O)O1. The summed E-state index contributed by atoms with van der Waals surface area (Å²) >= 11 is 0. The number of rotatable bonds is 4. The van der Waals surface area contributed by atoms with Crippen molar-refractivity contribution in [3.05, 3.63) is 46.2 Å². The van der Waals surface area contributed by atoms with Gasteiger partial charge in [-0.3, -0.25) is 9.69 Å². The Morgan fingerprint density at radius 2 is 2.08 bits per heavy atom. The Balaban J connectivity index is 1.93. The number of ketones is 1. The quantitative estimate of drug-likeness (QED) is 0.353. The summed E-state index contributed by atoms with van der Waals surface area (Å²) in [6.45, 7) is -0.400. The molecule has 2 aliphatic heterocycles. The molecule has 1 aromatic carbocycles. The lowest BCUT2D eigenvalue weighted by Crippen LogP contribution is -2.29. The molecule has 0 spiro atoms. The summed E-state index contributed by atoms with van der Waals surface area (Å²) in [5, 5.41) is 3.25. The predicted octanol–water partition coefficient (Wildman–Crippen LogP) is 3.03. The van der Waals surface area contributed by atoms with E-state index >= 15 is 0 Å². The van der Waals surface area contributed by atoms with Gasteiger partial charge in [0.2, 0.25) is 0 Å². The van der Waals surface area contributed by atoms with Gasteiger partial charge in [-0.1, -0.05) is 5.11 Å². The van der Waals surface area contributed by atoms with Crippen LogP contribution in [-0.4, -0.2) is 37.6 Å². The van der Waals surface area contributed by atoms with Crippen molar-refractivity contribution in [2.75, 3.05) is 29.4 Å². The van der Waals surface area contributed by atoms with Gasteiger partial charge in [-0.2, -0.15) is 0 Å². The van der Waals surface area contributed by atoms with Gasteiger partial charge in [0.25, 0.3) is 0 Å². The second-order valence-corrected chi connectivity index (χ2v) is 5.61. The minimum atomic E-state index is -1.48. The maximum absolute atomic E-state index is 14.5. The monoisotopic (exact) mass is 367 g/mol. The molecule has 1 unspecified atom stereocenters. The molecule has 3 rings (SSSR count). The number of hydrogen-bond acceptors (Lipinski definition) is 5. The summed E-state index contributed by atoms with van der Waals surface area (Å²) in [6, 6.07) is 0.690. The molecule has 1 saturated heterocycles. The van der Waals surface area contributed by atoms with Gasteiger partial charge in [-0.05, 0) is 11.6 Å². The van der Waals surface area contributed by atoms with E-state index in [-0.39, 0.29) is 31.8 Å². The van der Waals surface area contributed by atoms with Gasteiger partial charge in [0.15, 0.2) is 23.2 Å². The zero-order valence-electron chi connectivity index (χ0n) is 13.2. The molecule has 136 valence electrons. The molecule has 0 radical (unpaired) electrons. The molecule has 2 heterocycles. The number of halogens is 3. The van der Waals surface area contributed by atoms with Crippen molar-refractivity contribution >= 4 is 23.3 Å². The number of azide groups is 1. The Hall–Kier alpha value is -3.20. The van der Waals surface area contributed by atoms with Crippen LogP contribution in [0.3, 0.4) is 0 Å². The molecule has 1 amide bonds. The van der Waals surface area contributed by atoms with E-state index in [9.17, 15) is 22.8 Å². The topological polar surface area (TPSA) is 98.6 Å². The van der Waals surface area contributed by atoms with Gasteiger partial charge >= 0.3 is 6.09 Å². The van der Waals surface area contributed by atoms with Crippen LogP contribution in [0, 0.1) is 17.5 Å². The van der Waals surface area contributed by atoms with Crippen LogP contribution in [0.2, 0.25) is 0 Å². The van der Waals surface area contributed by atoms with Gasteiger partial charge in [-0.15, -0.1) is 0 Å². The van der Waals surface area contributed by atoms with Crippen molar-refractivity contribution in [1.29, 1.82) is 0 Å². The van der Waals surface area contributed by atoms with Crippen LogP contribution in [0.5, 0.6) is 0 Å². The average Bonchev–Trinajstić information content (AvgIpc) is 2.98. The first-order valence-electron chi connectivity index (χ1n) is 7.56. The van der Waals surface area contributed by atoms with E-state index in [1.165, 1.54) is 6.20 Å². The highest BCUT2D eigenvalue weighted by molar-refractivity contribution is 5.92. The van der Waals surface area contributed by atoms with E-state index in [2.05, 4.69) is 10.0 Å². The summed E-state index contributed by atoms with van der Waals surface area (Å²) in [4.78, 5) is 27.4. The lowest BCUT2D eigenvalue weighted by molar-refractivity contribution is -0.114. The van der Waals surface area contributed by atoms with E-state index in [0.29, 0.717) is 6.07 Å². The van der Waals surface area contributed by atoms with E-state index in [1.807, 2.05) is 0 Å². The Morgan fingerprint density at radius 3 is 2.73 bits per heavy atom. The zero-order chi connectivity index (χ0) is 18.8. The van der Waals surface area contributed by atoms with Crippen LogP contribution < -0.4 is 9.80 Å². The molecule has 2 aliphatic rings. The van der Waals surface area contributed by atoms with Gasteiger partial charge in [0.05, 0.1) is 18.8 Å². The summed E-state index contributed by atoms with van der Waals surface area (Å²) in [7, 11) is 0. The number of hydrogen-bond donors (Lipinski definition) is 0. The normalized spacial score (nSPS) is 19.6. The highest BCUT2D eigenvalue weighted by atomic mass is 19.2. The number of amides is 1. The lowest BCUT2D eigenvalue weighted by Gasteiger charge is -2.25. The van der Waals surface area contributed by atoms with Crippen LogP contribution in [0.25, 0.3) is 10.4 Å². The number of carbonyl (C=O) groups is 2. The Bertz CT molecular complexity index is 853. The Kier molecular flexibility index (Phi) is 4.72. The van der Waals surface area contributed by atoms with Crippen molar-refractivity contribution in [2.45, 2.75) is 12.5 Å². The zero-order valence-corrected chi connectivity index (χ0v) is 13.2. The number of carbonyl (C=O) groups excluding carboxylic acids is 2. The second kappa shape index (κ2) is 6.96. The fraction of sp³-hybridized carbons (Fsp3) is 0.333. The fourth-order valence-corrected chi connectivity index (χ4v) is 2.72. The molecular weight excluding hydrogens is 355 g/mol. The smallest absolute Gasteiger partial charge is 0.414 e. The third kappa shape index (κ3) is 3.16. The molecule has 8 nitrogen and oxygen atoms in total. The highest BCUT2D eigenvalue weighted by Gasteiger charge is 2.36. The molecular formula is C15H12F3N5O3. The van der Waals surface area contributed by atoms with Gasteiger partial charge < -0.3 is 9.64 Å². The Morgan fingerprint density at radius 1 is 1.31 bits per heavy atom. The average molecular weight is 367 g/mol. The van der Waals surface area contributed by atoms with Crippen LogP contribution >= 0.6 is 0 Å². The number of allylic oxidation sites excluding steroid dienone is 1. The minimum absolute atomic E-state index is 0.00194. The largest absolute Gasteiger partial charge is 0.444 e. The van der Waals surface area contributed by atoms with E-state index < -0.39 is 41.0 Å². The molecule has 1 aromatic rings. The first kappa shape index (κ1) is 17.6. The molecule has 0 N–H and O–H groups in total. The van der Waals surface area contributed by atoms with Crippen LogP contribution in [0.15, 0.2) is 23.5 Å². The van der Waals surface area contributed by atoms with E-state index in [1.54, 1.807) is 0 Å². The summed E-state index contributed by atoms with van der Waals surface area (Å²) in [5.41, 5.74) is 7.02. The van der Waals surface area contributed by atoms with Crippen molar-refractivity contribution < 1.29 is 27.5 Å². The van der Waals surface area contributed by atoms with Crippen molar-refractivity contribution in [2.24, 2.45) is 5.11 Å². The predicted molar refractivity (Wildman–Crippen MR) is 84.1 cm³/mol. The highest BCUT2D eigenvalue weighted by Crippen LogP contribution is 2.35. The molecule has 0 saturated carbocycles. The number of anilines is 2. The Labute approximate surface area is 145 Å². The van der Waals surface area contributed by atoms with Crippen LogP contribution in [-0.2, 0) is 9.53 Å². The molecule has 26 heavy (non-hydrogen) atoms. The number of nitrogens with zero attached hydrogens (tertiary/aromatic N) is 5. The van der Waals surface area contributed by atoms with Crippen LogP contribution in [0.1, 0.15) is 6.42 Å². The van der Waals surface area contributed by atoms with E-state index in [4.69, 9.17) is 10.3 Å². The number of cyclic esters (lactones) is 1. The van der Waals surface area contributed by atoms with Gasteiger partial charge in [0, 0.05) is 30.1 Å². The number of ether oxygens (including phenoxy) is 1. The molecule has 1 fully saturated rings. The van der Waals surface area contributed by atoms with Crippen molar-refractivity contribution in [1.82, 2.24) is 0 Å². The molecule has 0 aliphatic carbocycles. The summed E-state index contributed by atoms with van der Waals surface area (Å²) in [6.07, 6.45) is 0.508. The molecule has 1 atom stereocenters. The third-order valence-electron chi connectivity index (χ3n) is 3.96. The van der Waals surface area contributed by atoms with Crippen molar-refractivity contribution in [3.63, 3.8) is 0 Å². The van der Waals surface area contributed by atoms with Crippen molar-refractivity contribution in [3.8, 4) is 0 Å².